The molecule has 0 aliphatic carbocycles. The van der Waals surface area contributed by atoms with E-state index in [-0.39, 0.29) is 11.8 Å². The van der Waals surface area contributed by atoms with Crippen molar-refractivity contribution in [2.24, 2.45) is 0 Å². The highest BCUT2D eigenvalue weighted by molar-refractivity contribution is 5.94. The van der Waals surface area contributed by atoms with Crippen molar-refractivity contribution in [2.75, 3.05) is 26.2 Å². The number of nitrogens with zero attached hydrogens (tertiary/aromatic N) is 2. The van der Waals surface area contributed by atoms with Crippen molar-refractivity contribution in [1.29, 1.82) is 0 Å². The molecule has 0 spiro atoms. The molecule has 0 N–H and O–H groups in total. The van der Waals surface area contributed by atoms with Gasteiger partial charge in [-0.05, 0) is 64.8 Å². The average molecular weight is 409 g/mol. The number of carbonyl (C=O) groups excluding carboxylic acids is 2. The van der Waals surface area contributed by atoms with Crippen molar-refractivity contribution in [3.8, 4) is 0 Å². The largest absolute Gasteiger partial charge is 0.339 e. The van der Waals surface area contributed by atoms with Gasteiger partial charge in [-0.25, -0.2) is 0 Å². The van der Waals surface area contributed by atoms with E-state index < -0.39 is 0 Å². The number of hydrogen-bond acceptors (Lipinski definition) is 2. The van der Waals surface area contributed by atoms with E-state index in [9.17, 15) is 9.59 Å². The smallest absolute Gasteiger partial charge is 0.253 e. The third-order valence-corrected chi connectivity index (χ3v) is 5.54. The van der Waals surface area contributed by atoms with Gasteiger partial charge in [-0.15, -0.1) is 0 Å². The highest BCUT2D eigenvalue weighted by Crippen LogP contribution is 2.11. The number of amides is 2. The standard InChI is InChI=1S/C26H36N2O2/c1-5-27(25(29)23-15-11-21(3)12-16-23)19-9-7-8-10-20-28(6-2)26(30)24-17-13-22(4)14-18-24/h11-18H,5-10,19-20H2,1-4H3. The molecule has 0 fully saturated rings. The van der Waals surface area contributed by atoms with Crippen LogP contribution in [0, 0.1) is 13.8 Å². The fourth-order valence-electron chi connectivity index (χ4n) is 3.52. The summed E-state index contributed by atoms with van der Waals surface area (Å²) in [6, 6.07) is 15.6. The van der Waals surface area contributed by atoms with E-state index in [1.54, 1.807) is 0 Å². The molecule has 4 heteroatoms. The summed E-state index contributed by atoms with van der Waals surface area (Å²) in [5.74, 6) is 0.219. The van der Waals surface area contributed by atoms with Gasteiger partial charge in [-0.2, -0.15) is 0 Å². The summed E-state index contributed by atoms with van der Waals surface area (Å²) in [5, 5.41) is 0. The van der Waals surface area contributed by atoms with Gasteiger partial charge in [0.15, 0.2) is 0 Å². The highest BCUT2D eigenvalue weighted by atomic mass is 16.2. The Morgan fingerprint density at radius 2 is 0.933 bits per heavy atom. The number of unbranched alkanes of at least 4 members (excludes halogenated alkanes) is 3. The van der Waals surface area contributed by atoms with Crippen LogP contribution in [0.2, 0.25) is 0 Å². The number of benzene rings is 2. The lowest BCUT2D eigenvalue weighted by Crippen LogP contribution is -2.32. The molecule has 2 amide bonds. The van der Waals surface area contributed by atoms with Gasteiger partial charge >= 0.3 is 0 Å². The van der Waals surface area contributed by atoms with Gasteiger partial charge in [-0.1, -0.05) is 48.2 Å². The Hall–Kier alpha value is -2.62. The SMILES string of the molecule is CCN(CCCCCCN(CC)C(=O)c1ccc(C)cc1)C(=O)c1ccc(C)cc1. The summed E-state index contributed by atoms with van der Waals surface area (Å²) in [5.41, 5.74) is 3.85. The van der Waals surface area contributed by atoms with E-state index in [0.717, 1.165) is 74.1 Å². The van der Waals surface area contributed by atoms with Crippen LogP contribution in [0.3, 0.4) is 0 Å². The van der Waals surface area contributed by atoms with E-state index in [1.165, 1.54) is 0 Å². The monoisotopic (exact) mass is 408 g/mol. The molecular formula is C26H36N2O2. The molecule has 0 atom stereocenters. The van der Waals surface area contributed by atoms with Crippen LogP contribution in [-0.2, 0) is 0 Å². The van der Waals surface area contributed by atoms with Gasteiger partial charge < -0.3 is 9.80 Å². The van der Waals surface area contributed by atoms with Crippen LogP contribution in [0.4, 0.5) is 0 Å². The molecule has 0 bridgehead atoms. The molecule has 30 heavy (non-hydrogen) atoms. The Morgan fingerprint density at radius 3 is 1.23 bits per heavy atom. The molecule has 2 aromatic carbocycles. The molecule has 0 aromatic heterocycles. The van der Waals surface area contributed by atoms with Gasteiger partial charge in [0.05, 0.1) is 0 Å². The first-order valence-corrected chi connectivity index (χ1v) is 11.2. The van der Waals surface area contributed by atoms with Crippen LogP contribution in [0.5, 0.6) is 0 Å². The van der Waals surface area contributed by atoms with E-state index in [4.69, 9.17) is 0 Å². The first-order chi connectivity index (χ1) is 14.5. The zero-order valence-corrected chi connectivity index (χ0v) is 19.0. The average Bonchev–Trinajstić information content (AvgIpc) is 2.76. The van der Waals surface area contributed by atoms with Crippen LogP contribution < -0.4 is 0 Å². The third kappa shape index (κ3) is 7.01. The first kappa shape index (κ1) is 23.7. The number of hydrogen-bond donors (Lipinski definition) is 0. The zero-order chi connectivity index (χ0) is 21.9. The molecule has 0 heterocycles. The van der Waals surface area contributed by atoms with Crippen molar-refractivity contribution in [3.63, 3.8) is 0 Å². The molecule has 0 aliphatic heterocycles. The maximum absolute atomic E-state index is 12.6. The van der Waals surface area contributed by atoms with Crippen LogP contribution in [0.25, 0.3) is 0 Å². The fourth-order valence-corrected chi connectivity index (χ4v) is 3.52. The van der Waals surface area contributed by atoms with Gasteiger partial charge in [-0.3, -0.25) is 9.59 Å². The minimum atomic E-state index is 0.110. The molecule has 162 valence electrons. The molecule has 0 unspecified atom stereocenters. The molecule has 2 aromatic rings. The summed E-state index contributed by atoms with van der Waals surface area (Å²) in [4.78, 5) is 29.1. The number of carbonyl (C=O) groups is 2. The predicted molar refractivity (Wildman–Crippen MR) is 124 cm³/mol. The second-order valence-corrected chi connectivity index (χ2v) is 7.92. The van der Waals surface area contributed by atoms with Crippen molar-refractivity contribution >= 4 is 11.8 Å². The van der Waals surface area contributed by atoms with Crippen molar-refractivity contribution in [2.45, 2.75) is 53.4 Å². The maximum atomic E-state index is 12.6. The Bertz CT molecular complexity index is 727. The summed E-state index contributed by atoms with van der Waals surface area (Å²) in [6.45, 7) is 11.1. The maximum Gasteiger partial charge on any atom is 0.253 e. The van der Waals surface area contributed by atoms with Crippen molar-refractivity contribution < 1.29 is 9.59 Å². The van der Waals surface area contributed by atoms with Gasteiger partial charge in [0.2, 0.25) is 0 Å². The minimum absolute atomic E-state index is 0.110. The molecule has 0 saturated carbocycles. The Morgan fingerprint density at radius 1 is 0.600 bits per heavy atom. The Balaban J connectivity index is 1.71. The van der Waals surface area contributed by atoms with E-state index >= 15 is 0 Å². The summed E-state index contributed by atoms with van der Waals surface area (Å²) in [7, 11) is 0. The van der Waals surface area contributed by atoms with Gasteiger partial charge in [0.25, 0.3) is 11.8 Å². The van der Waals surface area contributed by atoms with E-state index in [2.05, 4.69) is 0 Å². The molecular weight excluding hydrogens is 372 g/mol. The Kier molecular flexibility index (Phi) is 9.59. The molecule has 2 rings (SSSR count). The van der Waals surface area contributed by atoms with Crippen LogP contribution in [0.15, 0.2) is 48.5 Å². The van der Waals surface area contributed by atoms with Crippen LogP contribution in [0.1, 0.15) is 71.4 Å². The first-order valence-electron chi connectivity index (χ1n) is 11.2. The fraction of sp³-hybridized carbons (Fsp3) is 0.462. The van der Waals surface area contributed by atoms with Crippen molar-refractivity contribution in [1.82, 2.24) is 9.80 Å². The van der Waals surface area contributed by atoms with Gasteiger partial charge in [0.1, 0.15) is 0 Å². The summed E-state index contributed by atoms with van der Waals surface area (Å²) < 4.78 is 0. The molecule has 0 radical (unpaired) electrons. The number of rotatable bonds is 11. The third-order valence-electron chi connectivity index (χ3n) is 5.54. The van der Waals surface area contributed by atoms with Crippen LogP contribution in [-0.4, -0.2) is 47.8 Å². The second-order valence-electron chi connectivity index (χ2n) is 7.92. The zero-order valence-electron chi connectivity index (χ0n) is 19.0. The van der Waals surface area contributed by atoms with Crippen LogP contribution >= 0.6 is 0 Å². The molecule has 0 saturated heterocycles. The summed E-state index contributed by atoms with van der Waals surface area (Å²) >= 11 is 0. The van der Waals surface area contributed by atoms with E-state index in [1.807, 2.05) is 86.0 Å². The Labute approximate surface area is 181 Å². The molecule has 0 aliphatic rings. The topological polar surface area (TPSA) is 40.6 Å². The molecule has 4 nitrogen and oxygen atoms in total. The predicted octanol–water partition coefficient (Wildman–Crippen LogP) is 5.49. The lowest BCUT2D eigenvalue weighted by atomic mass is 10.1. The van der Waals surface area contributed by atoms with Crippen molar-refractivity contribution in [3.05, 3.63) is 70.8 Å². The minimum Gasteiger partial charge on any atom is -0.339 e. The quantitative estimate of drug-likeness (QED) is 0.461. The highest BCUT2D eigenvalue weighted by Gasteiger charge is 2.15. The normalized spacial score (nSPS) is 10.7. The number of aryl methyl sites for hydroxylation is 2. The summed E-state index contributed by atoms with van der Waals surface area (Å²) in [6.07, 6.45) is 4.11. The lowest BCUT2D eigenvalue weighted by Gasteiger charge is -2.22. The van der Waals surface area contributed by atoms with Gasteiger partial charge in [0, 0.05) is 37.3 Å². The lowest BCUT2D eigenvalue weighted by molar-refractivity contribution is 0.0747. The van der Waals surface area contributed by atoms with E-state index in [0.29, 0.717) is 0 Å². The second kappa shape index (κ2) is 12.2.